The van der Waals surface area contributed by atoms with Gasteiger partial charge in [0.05, 0.1) is 6.10 Å². The first-order valence-corrected chi connectivity index (χ1v) is 7.52. The standard InChI is InChI=1S/C15H29NO3/c1-5-13-11(3)10(2)12(4)15(19-13)18-9-7-6-8-14(16)17/h10-13,15H,5-9H2,1-4H3,(H2,16,17)/t10?,11-,12?,13?,15?/m1/s1. The summed E-state index contributed by atoms with van der Waals surface area (Å²) in [7, 11) is 0. The zero-order valence-electron chi connectivity index (χ0n) is 12.7. The van der Waals surface area contributed by atoms with Gasteiger partial charge in [-0.3, -0.25) is 4.79 Å². The predicted octanol–water partition coefficient (Wildman–Crippen LogP) is 2.70. The first kappa shape index (κ1) is 16.4. The molecular weight excluding hydrogens is 242 g/mol. The first-order valence-electron chi connectivity index (χ1n) is 7.52. The number of carbonyl (C=O) groups excluding carboxylic acids is 1. The van der Waals surface area contributed by atoms with E-state index < -0.39 is 0 Å². The van der Waals surface area contributed by atoms with E-state index in [2.05, 4.69) is 27.7 Å². The average Bonchev–Trinajstić information content (AvgIpc) is 2.37. The molecule has 0 spiro atoms. The van der Waals surface area contributed by atoms with E-state index >= 15 is 0 Å². The van der Waals surface area contributed by atoms with Crippen LogP contribution in [0.4, 0.5) is 0 Å². The molecule has 1 aliphatic heterocycles. The van der Waals surface area contributed by atoms with Gasteiger partial charge in [-0.25, -0.2) is 0 Å². The Bertz CT molecular complexity index is 281. The summed E-state index contributed by atoms with van der Waals surface area (Å²) in [4.78, 5) is 10.6. The number of amides is 1. The van der Waals surface area contributed by atoms with Gasteiger partial charge < -0.3 is 15.2 Å². The largest absolute Gasteiger partial charge is 0.370 e. The SMILES string of the molecule is CCC1OC(OCCCCC(N)=O)C(C)C(C)[C@H]1C. The lowest BCUT2D eigenvalue weighted by molar-refractivity contribution is -0.248. The summed E-state index contributed by atoms with van der Waals surface area (Å²) in [6.07, 6.45) is 3.30. The molecule has 1 heterocycles. The van der Waals surface area contributed by atoms with Crippen LogP contribution in [0.25, 0.3) is 0 Å². The zero-order chi connectivity index (χ0) is 14.4. The molecule has 1 fully saturated rings. The molecule has 112 valence electrons. The van der Waals surface area contributed by atoms with E-state index in [1.54, 1.807) is 0 Å². The topological polar surface area (TPSA) is 61.6 Å². The molecule has 1 saturated heterocycles. The Hall–Kier alpha value is -0.610. The van der Waals surface area contributed by atoms with Crippen molar-refractivity contribution in [2.75, 3.05) is 6.61 Å². The normalized spacial score (nSPS) is 35.3. The molecule has 2 N–H and O–H groups in total. The molecule has 5 atom stereocenters. The van der Waals surface area contributed by atoms with Gasteiger partial charge in [0.1, 0.15) is 0 Å². The van der Waals surface area contributed by atoms with E-state index in [-0.39, 0.29) is 12.2 Å². The highest BCUT2D eigenvalue weighted by atomic mass is 16.7. The maximum atomic E-state index is 10.6. The molecule has 19 heavy (non-hydrogen) atoms. The van der Waals surface area contributed by atoms with Crippen LogP contribution in [-0.2, 0) is 14.3 Å². The number of rotatable bonds is 7. The minimum Gasteiger partial charge on any atom is -0.370 e. The third-order valence-corrected chi connectivity index (χ3v) is 4.49. The first-order chi connectivity index (χ1) is 8.97. The van der Waals surface area contributed by atoms with Gasteiger partial charge in [-0.15, -0.1) is 0 Å². The van der Waals surface area contributed by atoms with Crippen LogP contribution in [0.3, 0.4) is 0 Å². The summed E-state index contributed by atoms with van der Waals surface area (Å²) in [5.41, 5.74) is 5.10. The van der Waals surface area contributed by atoms with E-state index in [0.29, 0.717) is 36.9 Å². The molecule has 0 aromatic carbocycles. The summed E-state index contributed by atoms with van der Waals surface area (Å²) in [6, 6.07) is 0. The van der Waals surface area contributed by atoms with Crippen LogP contribution >= 0.6 is 0 Å². The number of ether oxygens (including phenoxy) is 2. The van der Waals surface area contributed by atoms with Crippen LogP contribution in [-0.4, -0.2) is 24.9 Å². The lowest BCUT2D eigenvalue weighted by atomic mass is 9.78. The smallest absolute Gasteiger partial charge is 0.217 e. The third-order valence-electron chi connectivity index (χ3n) is 4.49. The maximum absolute atomic E-state index is 10.6. The number of hydrogen-bond acceptors (Lipinski definition) is 3. The van der Waals surface area contributed by atoms with Crippen molar-refractivity contribution in [2.24, 2.45) is 23.5 Å². The van der Waals surface area contributed by atoms with Crippen molar-refractivity contribution >= 4 is 5.91 Å². The quantitative estimate of drug-likeness (QED) is 0.724. The lowest BCUT2D eigenvalue weighted by Crippen LogP contribution is -2.45. The molecule has 0 radical (unpaired) electrons. The number of carbonyl (C=O) groups is 1. The predicted molar refractivity (Wildman–Crippen MR) is 75.4 cm³/mol. The molecule has 4 heteroatoms. The van der Waals surface area contributed by atoms with Crippen LogP contribution < -0.4 is 5.73 Å². The molecule has 1 aliphatic rings. The Morgan fingerprint density at radius 2 is 1.84 bits per heavy atom. The molecule has 4 nitrogen and oxygen atoms in total. The Balaban J connectivity index is 2.33. The Morgan fingerprint density at radius 3 is 2.42 bits per heavy atom. The molecule has 1 rings (SSSR count). The second kappa shape index (κ2) is 7.85. The van der Waals surface area contributed by atoms with Gasteiger partial charge in [0.2, 0.25) is 5.91 Å². The van der Waals surface area contributed by atoms with E-state index in [0.717, 1.165) is 19.3 Å². The third kappa shape index (κ3) is 4.77. The second-order valence-corrected chi connectivity index (χ2v) is 5.82. The molecule has 0 aromatic heterocycles. The summed E-state index contributed by atoms with van der Waals surface area (Å²) in [5, 5.41) is 0. The van der Waals surface area contributed by atoms with E-state index in [1.165, 1.54) is 0 Å². The number of unbranched alkanes of at least 4 members (excludes halogenated alkanes) is 1. The molecule has 0 aliphatic carbocycles. The van der Waals surface area contributed by atoms with Crippen LogP contribution in [0.15, 0.2) is 0 Å². The number of nitrogens with two attached hydrogens (primary N) is 1. The van der Waals surface area contributed by atoms with Gasteiger partial charge in [0.25, 0.3) is 0 Å². The van der Waals surface area contributed by atoms with Gasteiger partial charge in [0.15, 0.2) is 6.29 Å². The summed E-state index contributed by atoms with van der Waals surface area (Å²) < 4.78 is 11.9. The zero-order valence-corrected chi connectivity index (χ0v) is 12.7. The van der Waals surface area contributed by atoms with Crippen LogP contribution in [0.1, 0.15) is 53.4 Å². The molecule has 0 aromatic rings. The monoisotopic (exact) mass is 271 g/mol. The molecular formula is C15H29NO3. The highest BCUT2D eigenvalue weighted by Crippen LogP contribution is 2.36. The summed E-state index contributed by atoms with van der Waals surface area (Å²) >= 11 is 0. The van der Waals surface area contributed by atoms with Crippen LogP contribution in [0, 0.1) is 17.8 Å². The fourth-order valence-corrected chi connectivity index (χ4v) is 2.75. The van der Waals surface area contributed by atoms with Gasteiger partial charge in [-0.2, -0.15) is 0 Å². The van der Waals surface area contributed by atoms with Crippen molar-refractivity contribution in [1.82, 2.24) is 0 Å². The molecule has 1 amide bonds. The summed E-state index contributed by atoms with van der Waals surface area (Å²) in [6.45, 7) is 9.54. The fraction of sp³-hybridized carbons (Fsp3) is 0.933. The minimum atomic E-state index is -0.240. The van der Waals surface area contributed by atoms with Crippen molar-refractivity contribution in [3.05, 3.63) is 0 Å². The number of hydrogen-bond donors (Lipinski definition) is 1. The van der Waals surface area contributed by atoms with Crippen molar-refractivity contribution in [1.29, 1.82) is 0 Å². The highest BCUT2D eigenvalue weighted by Gasteiger charge is 2.38. The van der Waals surface area contributed by atoms with Gasteiger partial charge in [0, 0.05) is 18.9 Å². The maximum Gasteiger partial charge on any atom is 0.217 e. The average molecular weight is 271 g/mol. The van der Waals surface area contributed by atoms with E-state index in [1.807, 2.05) is 0 Å². The van der Waals surface area contributed by atoms with Crippen molar-refractivity contribution in [3.8, 4) is 0 Å². The lowest BCUT2D eigenvalue weighted by Gasteiger charge is -2.43. The highest BCUT2D eigenvalue weighted by molar-refractivity contribution is 5.73. The van der Waals surface area contributed by atoms with Crippen molar-refractivity contribution < 1.29 is 14.3 Å². The fourth-order valence-electron chi connectivity index (χ4n) is 2.75. The molecule has 0 saturated carbocycles. The van der Waals surface area contributed by atoms with E-state index in [4.69, 9.17) is 15.2 Å². The molecule has 0 bridgehead atoms. The Kier molecular flexibility index (Phi) is 6.80. The van der Waals surface area contributed by atoms with Crippen molar-refractivity contribution in [2.45, 2.75) is 65.8 Å². The van der Waals surface area contributed by atoms with Gasteiger partial charge in [-0.1, -0.05) is 27.7 Å². The Labute approximate surface area is 117 Å². The van der Waals surface area contributed by atoms with Crippen molar-refractivity contribution in [3.63, 3.8) is 0 Å². The summed E-state index contributed by atoms with van der Waals surface area (Å²) in [5.74, 6) is 1.36. The minimum absolute atomic E-state index is 0.107. The Morgan fingerprint density at radius 1 is 1.16 bits per heavy atom. The van der Waals surface area contributed by atoms with Gasteiger partial charge in [-0.05, 0) is 31.1 Å². The second-order valence-electron chi connectivity index (χ2n) is 5.82. The van der Waals surface area contributed by atoms with Crippen LogP contribution in [0.2, 0.25) is 0 Å². The van der Waals surface area contributed by atoms with E-state index in [9.17, 15) is 4.79 Å². The van der Waals surface area contributed by atoms with Crippen LogP contribution in [0.5, 0.6) is 0 Å². The van der Waals surface area contributed by atoms with Gasteiger partial charge >= 0.3 is 0 Å². The molecule has 4 unspecified atom stereocenters. The number of primary amides is 1.